The number of benzene rings is 2. The number of esters is 1. The van der Waals surface area contributed by atoms with Gasteiger partial charge in [0.05, 0.1) is 11.4 Å². The molecule has 1 N–H and O–H groups in total. The highest BCUT2D eigenvalue weighted by molar-refractivity contribution is 7.99. The Morgan fingerprint density at radius 3 is 2.41 bits per heavy atom. The number of aliphatic carboxylic acids is 1. The van der Waals surface area contributed by atoms with Gasteiger partial charge in [-0.15, -0.1) is 22.0 Å². The van der Waals surface area contributed by atoms with E-state index in [1.165, 1.54) is 16.7 Å². The van der Waals surface area contributed by atoms with Gasteiger partial charge in [-0.2, -0.15) is 0 Å². The normalized spacial score (nSPS) is 14.3. The minimum absolute atomic E-state index is 0.0404. The van der Waals surface area contributed by atoms with E-state index in [4.69, 9.17) is 14.8 Å². The maximum Gasteiger partial charge on any atom is 0.306 e. The number of para-hydroxylation sites is 1. The van der Waals surface area contributed by atoms with Crippen LogP contribution in [0.3, 0.4) is 0 Å². The van der Waals surface area contributed by atoms with Gasteiger partial charge in [0.25, 0.3) is 0 Å². The first kappa shape index (κ1) is 28.5. The number of aryl methyl sites for hydroxylation is 2. The van der Waals surface area contributed by atoms with Gasteiger partial charge >= 0.3 is 11.9 Å². The number of hydrogen-bond acceptors (Lipinski definition) is 7. The van der Waals surface area contributed by atoms with E-state index in [1.807, 2.05) is 11.5 Å². The fourth-order valence-corrected chi connectivity index (χ4v) is 5.82. The Hall–Kier alpha value is -3.46. The van der Waals surface area contributed by atoms with Gasteiger partial charge in [0.2, 0.25) is 0 Å². The van der Waals surface area contributed by atoms with E-state index in [0.717, 1.165) is 46.9 Å². The predicted octanol–water partition coefficient (Wildman–Crippen LogP) is 6.10. The summed E-state index contributed by atoms with van der Waals surface area (Å²) in [6.45, 7) is 8.47. The number of aromatic nitrogens is 3. The van der Waals surface area contributed by atoms with E-state index in [2.05, 4.69) is 67.4 Å². The second-order valence-corrected chi connectivity index (χ2v) is 10.7. The van der Waals surface area contributed by atoms with Crippen LogP contribution in [-0.2, 0) is 33.8 Å². The first-order chi connectivity index (χ1) is 18.9. The molecule has 1 aliphatic rings. The van der Waals surface area contributed by atoms with Gasteiger partial charge < -0.3 is 9.84 Å². The summed E-state index contributed by atoms with van der Waals surface area (Å²) >= 11 is 1.78. The minimum Gasteiger partial charge on any atom is -0.481 e. The first-order valence-corrected chi connectivity index (χ1v) is 14.6. The molecule has 39 heavy (non-hydrogen) atoms. The third kappa shape index (κ3) is 6.24. The summed E-state index contributed by atoms with van der Waals surface area (Å²) in [6.07, 6.45) is 3.02. The van der Waals surface area contributed by atoms with Crippen molar-refractivity contribution in [3.63, 3.8) is 0 Å². The molecule has 0 bridgehead atoms. The molecule has 1 aromatic heterocycles. The van der Waals surface area contributed by atoms with E-state index in [9.17, 15) is 9.59 Å². The molecule has 0 saturated heterocycles. The molecule has 0 fully saturated rings. The Labute approximate surface area is 233 Å². The zero-order valence-corrected chi connectivity index (χ0v) is 23.9. The Balaban J connectivity index is 1.83. The van der Waals surface area contributed by atoms with Crippen molar-refractivity contribution in [2.45, 2.75) is 83.8 Å². The average Bonchev–Trinajstić information content (AvgIpc) is 3.31. The van der Waals surface area contributed by atoms with Crippen LogP contribution in [0.25, 0.3) is 5.69 Å². The summed E-state index contributed by atoms with van der Waals surface area (Å²) < 4.78 is 7.54. The molecule has 0 saturated carbocycles. The molecule has 0 spiro atoms. The number of thioether (sulfide) groups is 1. The van der Waals surface area contributed by atoms with Crippen LogP contribution < -0.4 is 0 Å². The Kier molecular flexibility index (Phi) is 9.56. The smallest absolute Gasteiger partial charge is 0.306 e. The van der Waals surface area contributed by atoms with Crippen molar-refractivity contribution in [3.8, 4) is 5.69 Å². The van der Waals surface area contributed by atoms with Crippen LogP contribution in [0.2, 0.25) is 0 Å². The van der Waals surface area contributed by atoms with Crippen molar-refractivity contribution in [1.29, 1.82) is 0 Å². The number of carboxylic acid groups (broad SMARTS) is 1. The Morgan fingerprint density at radius 2 is 1.74 bits per heavy atom. The summed E-state index contributed by atoms with van der Waals surface area (Å²) in [7, 11) is 0. The summed E-state index contributed by atoms with van der Waals surface area (Å²) in [5.41, 5.74) is 6.61. The zero-order chi connectivity index (χ0) is 27.9. The molecule has 3 aromatic rings. The quantitative estimate of drug-likeness (QED) is 0.215. The zero-order valence-electron chi connectivity index (χ0n) is 23.1. The lowest BCUT2D eigenvalue weighted by Gasteiger charge is -2.20. The van der Waals surface area contributed by atoms with Crippen molar-refractivity contribution >= 4 is 29.4 Å². The highest BCUT2D eigenvalue weighted by atomic mass is 32.2. The van der Waals surface area contributed by atoms with Gasteiger partial charge in [0.15, 0.2) is 18.3 Å². The number of carbonyl (C=O) groups excluding carboxylic acids is 1. The SMILES string of the molecule is CCCSc1cccc2c1-n1c(COC(=O)CCCC(=O)O)nnc1C(C)N=C2c1c(CC)cccc1CC. The standard InChI is InChI=1S/C30H36N4O4S/c1-5-17-39-23-14-9-13-22-28(27-20(6-2)11-8-12-21(27)7-3)31-19(4)30-33-32-24(34(30)29(22)23)18-38-26(37)16-10-15-25(35)36/h8-9,11-14,19H,5-7,10,15-18H2,1-4H3,(H,35,36). The summed E-state index contributed by atoms with van der Waals surface area (Å²) in [6, 6.07) is 12.5. The molecule has 8 nitrogen and oxygen atoms in total. The van der Waals surface area contributed by atoms with Crippen LogP contribution in [0.15, 0.2) is 46.3 Å². The number of carboxylic acids is 1. The topological polar surface area (TPSA) is 107 Å². The predicted molar refractivity (Wildman–Crippen MR) is 153 cm³/mol. The van der Waals surface area contributed by atoms with Crippen molar-refractivity contribution in [2.24, 2.45) is 4.99 Å². The van der Waals surface area contributed by atoms with E-state index in [-0.39, 0.29) is 31.9 Å². The maximum absolute atomic E-state index is 12.4. The molecule has 0 radical (unpaired) electrons. The number of ether oxygens (including phenoxy) is 1. The fraction of sp³-hybridized carbons (Fsp3) is 0.433. The summed E-state index contributed by atoms with van der Waals surface area (Å²) in [4.78, 5) is 29.5. The van der Waals surface area contributed by atoms with Crippen molar-refractivity contribution < 1.29 is 19.4 Å². The Bertz CT molecular complexity index is 1360. The first-order valence-electron chi connectivity index (χ1n) is 13.7. The largest absolute Gasteiger partial charge is 0.481 e. The number of fused-ring (bicyclic) bond motifs is 3. The number of aliphatic imine (C=N–C) groups is 1. The van der Waals surface area contributed by atoms with Crippen LogP contribution in [-0.4, -0.2) is 43.3 Å². The molecule has 1 unspecified atom stereocenters. The average molecular weight is 549 g/mol. The molecular weight excluding hydrogens is 512 g/mol. The molecule has 0 amide bonds. The van der Waals surface area contributed by atoms with Gasteiger partial charge in [-0.25, -0.2) is 0 Å². The number of hydrogen-bond donors (Lipinski definition) is 1. The lowest BCUT2D eigenvalue weighted by molar-refractivity contribution is -0.145. The van der Waals surface area contributed by atoms with Gasteiger partial charge in [-0.05, 0) is 55.6 Å². The van der Waals surface area contributed by atoms with Crippen molar-refractivity contribution in [1.82, 2.24) is 14.8 Å². The van der Waals surface area contributed by atoms with Crippen LogP contribution in [0.5, 0.6) is 0 Å². The highest BCUT2D eigenvalue weighted by Gasteiger charge is 2.30. The molecule has 206 valence electrons. The van der Waals surface area contributed by atoms with Crippen LogP contribution in [0.4, 0.5) is 0 Å². The van der Waals surface area contributed by atoms with Gasteiger partial charge in [0.1, 0.15) is 6.04 Å². The number of rotatable bonds is 12. The molecule has 1 atom stereocenters. The van der Waals surface area contributed by atoms with Gasteiger partial charge in [0, 0.05) is 28.9 Å². The molecular formula is C30H36N4O4S. The highest BCUT2D eigenvalue weighted by Crippen LogP contribution is 2.38. The Morgan fingerprint density at radius 1 is 1.03 bits per heavy atom. The summed E-state index contributed by atoms with van der Waals surface area (Å²) in [5.74, 6) is 0.783. The number of carbonyl (C=O) groups is 2. The maximum atomic E-state index is 12.4. The van der Waals surface area contributed by atoms with Crippen LogP contribution in [0.1, 0.15) is 93.3 Å². The number of nitrogens with zero attached hydrogens (tertiary/aromatic N) is 4. The minimum atomic E-state index is -0.931. The molecule has 4 rings (SSSR count). The van der Waals surface area contributed by atoms with Crippen LogP contribution >= 0.6 is 11.8 Å². The third-order valence-corrected chi connectivity index (χ3v) is 8.01. The van der Waals surface area contributed by atoms with E-state index < -0.39 is 11.9 Å². The second-order valence-electron chi connectivity index (χ2n) is 9.53. The third-order valence-electron chi connectivity index (χ3n) is 6.76. The molecule has 1 aliphatic heterocycles. The molecule has 9 heteroatoms. The molecule has 0 aliphatic carbocycles. The summed E-state index contributed by atoms with van der Waals surface area (Å²) in [5, 5.41) is 17.8. The van der Waals surface area contributed by atoms with E-state index in [0.29, 0.717) is 11.6 Å². The molecule has 2 aromatic carbocycles. The van der Waals surface area contributed by atoms with E-state index >= 15 is 0 Å². The van der Waals surface area contributed by atoms with Gasteiger partial charge in [-0.3, -0.25) is 19.1 Å². The molecule has 2 heterocycles. The van der Waals surface area contributed by atoms with Crippen LogP contribution in [0, 0.1) is 0 Å². The monoisotopic (exact) mass is 548 g/mol. The van der Waals surface area contributed by atoms with Gasteiger partial charge in [-0.1, -0.05) is 51.1 Å². The van der Waals surface area contributed by atoms with Crippen molar-refractivity contribution in [3.05, 3.63) is 70.3 Å². The lowest BCUT2D eigenvalue weighted by atomic mass is 9.90. The van der Waals surface area contributed by atoms with E-state index in [1.54, 1.807) is 11.8 Å². The second kappa shape index (κ2) is 13.1. The van der Waals surface area contributed by atoms with Crippen molar-refractivity contribution in [2.75, 3.05) is 5.75 Å². The fourth-order valence-electron chi connectivity index (χ4n) is 4.88. The lowest BCUT2D eigenvalue weighted by Crippen LogP contribution is -2.15.